The Morgan fingerprint density at radius 1 is 1.23 bits per heavy atom. The first-order chi connectivity index (χ1) is 10.6. The summed E-state index contributed by atoms with van der Waals surface area (Å²) in [5.74, 6) is -0.241. The topological polar surface area (TPSA) is 91.2 Å². The Morgan fingerprint density at radius 3 is 2.64 bits per heavy atom. The molecule has 0 radical (unpaired) electrons. The number of ether oxygens (including phenoxy) is 1. The lowest BCUT2D eigenvalue weighted by Gasteiger charge is -2.04. The Balaban J connectivity index is 2.00. The third kappa shape index (κ3) is 3.76. The van der Waals surface area contributed by atoms with Gasteiger partial charge in [-0.05, 0) is 43.3 Å². The van der Waals surface area contributed by atoms with E-state index in [1.54, 1.807) is 36.4 Å². The van der Waals surface area contributed by atoms with Crippen molar-refractivity contribution in [3.63, 3.8) is 0 Å². The Bertz CT molecular complexity index is 681. The molecule has 6 nitrogen and oxygen atoms in total. The fraction of sp³-hybridized carbons (Fsp3) is 0.125. The standard InChI is InChI=1S/C16H16N2O4/c1-2-22-13-8-6-11(7-9-13)16(21)18-17-10-12-4-3-5-14(19)15(12)20/h3-10,19-20H,2H2,1H3,(H,18,21)/b17-10+. The summed E-state index contributed by atoms with van der Waals surface area (Å²) in [6, 6.07) is 11.1. The smallest absolute Gasteiger partial charge is 0.271 e. The quantitative estimate of drug-likeness (QED) is 0.449. The van der Waals surface area contributed by atoms with Crippen LogP contribution in [0.1, 0.15) is 22.8 Å². The van der Waals surface area contributed by atoms with Crippen LogP contribution in [-0.4, -0.2) is 28.9 Å². The number of nitrogens with one attached hydrogen (secondary N) is 1. The molecule has 0 fully saturated rings. The van der Waals surface area contributed by atoms with Gasteiger partial charge in [0.2, 0.25) is 0 Å². The van der Waals surface area contributed by atoms with Crippen LogP contribution < -0.4 is 10.2 Å². The number of carbonyl (C=O) groups excluding carboxylic acids is 1. The third-order valence-corrected chi connectivity index (χ3v) is 2.84. The molecule has 0 aromatic heterocycles. The molecule has 0 heterocycles. The van der Waals surface area contributed by atoms with Crippen LogP contribution in [0.15, 0.2) is 47.6 Å². The van der Waals surface area contributed by atoms with Gasteiger partial charge in [0.1, 0.15) is 5.75 Å². The number of rotatable bonds is 5. The molecule has 3 N–H and O–H groups in total. The molecule has 0 aliphatic heterocycles. The molecule has 0 spiro atoms. The minimum Gasteiger partial charge on any atom is -0.504 e. The number of carbonyl (C=O) groups is 1. The van der Waals surface area contributed by atoms with Crippen LogP contribution in [0.4, 0.5) is 0 Å². The predicted molar refractivity (Wildman–Crippen MR) is 82.4 cm³/mol. The average molecular weight is 300 g/mol. The van der Waals surface area contributed by atoms with E-state index in [0.717, 1.165) is 0 Å². The summed E-state index contributed by atoms with van der Waals surface area (Å²) >= 11 is 0. The van der Waals surface area contributed by atoms with E-state index < -0.39 is 0 Å². The van der Waals surface area contributed by atoms with Gasteiger partial charge in [-0.15, -0.1) is 0 Å². The maximum absolute atomic E-state index is 11.9. The van der Waals surface area contributed by atoms with Crippen LogP contribution >= 0.6 is 0 Å². The first-order valence-corrected chi connectivity index (χ1v) is 6.69. The molecular weight excluding hydrogens is 284 g/mol. The maximum Gasteiger partial charge on any atom is 0.271 e. The molecular formula is C16H16N2O4. The second kappa shape index (κ2) is 7.12. The lowest BCUT2D eigenvalue weighted by Crippen LogP contribution is -2.17. The van der Waals surface area contributed by atoms with Gasteiger partial charge >= 0.3 is 0 Å². The van der Waals surface area contributed by atoms with Crippen LogP contribution in [0, 0.1) is 0 Å². The van der Waals surface area contributed by atoms with E-state index in [9.17, 15) is 15.0 Å². The Hall–Kier alpha value is -3.02. The van der Waals surface area contributed by atoms with E-state index in [-0.39, 0.29) is 17.4 Å². The van der Waals surface area contributed by atoms with Gasteiger partial charge in [-0.25, -0.2) is 5.43 Å². The Morgan fingerprint density at radius 2 is 1.95 bits per heavy atom. The van der Waals surface area contributed by atoms with Crippen LogP contribution in [-0.2, 0) is 0 Å². The highest BCUT2D eigenvalue weighted by molar-refractivity contribution is 5.95. The third-order valence-electron chi connectivity index (χ3n) is 2.84. The van der Waals surface area contributed by atoms with Crippen molar-refractivity contribution in [1.82, 2.24) is 5.43 Å². The molecule has 6 heteroatoms. The monoisotopic (exact) mass is 300 g/mol. The number of phenols is 2. The van der Waals surface area contributed by atoms with E-state index >= 15 is 0 Å². The zero-order valence-electron chi connectivity index (χ0n) is 12.0. The van der Waals surface area contributed by atoms with E-state index in [0.29, 0.717) is 23.5 Å². The van der Waals surface area contributed by atoms with Crippen molar-refractivity contribution in [2.75, 3.05) is 6.61 Å². The summed E-state index contributed by atoms with van der Waals surface area (Å²) in [7, 11) is 0. The van der Waals surface area contributed by atoms with Gasteiger partial charge < -0.3 is 14.9 Å². The number of benzene rings is 2. The number of para-hydroxylation sites is 1. The van der Waals surface area contributed by atoms with Crippen molar-refractivity contribution in [1.29, 1.82) is 0 Å². The zero-order valence-corrected chi connectivity index (χ0v) is 12.0. The number of phenolic OH excluding ortho intramolecular Hbond substituents is 2. The number of hydrazone groups is 1. The highest BCUT2D eigenvalue weighted by Crippen LogP contribution is 2.26. The normalized spacial score (nSPS) is 10.6. The summed E-state index contributed by atoms with van der Waals surface area (Å²) in [6.45, 7) is 2.44. The van der Waals surface area contributed by atoms with Crippen molar-refractivity contribution in [3.8, 4) is 17.2 Å². The number of hydrogen-bond acceptors (Lipinski definition) is 5. The Labute approximate surface area is 127 Å². The van der Waals surface area contributed by atoms with E-state index in [1.807, 2.05) is 6.92 Å². The molecule has 0 aliphatic rings. The molecule has 1 amide bonds. The van der Waals surface area contributed by atoms with Crippen molar-refractivity contribution < 1.29 is 19.7 Å². The van der Waals surface area contributed by atoms with Gasteiger partial charge in [0.05, 0.1) is 12.8 Å². The summed E-state index contributed by atoms with van der Waals surface area (Å²) in [5, 5.41) is 22.7. The van der Waals surface area contributed by atoms with Crippen LogP contribution in [0.5, 0.6) is 17.2 Å². The van der Waals surface area contributed by atoms with Crippen LogP contribution in [0.2, 0.25) is 0 Å². The molecule has 0 saturated carbocycles. The largest absolute Gasteiger partial charge is 0.504 e. The lowest BCUT2D eigenvalue weighted by molar-refractivity contribution is 0.0955. The lowest BCUT2D eigenvalue weighted by atomic mass is 10.2. The second-order valence-corrected chi connectivity index (χ2v) is 4.37. The molecule has 0 atom stereocenters. The minimum absolute atomic E-state index is 0.248. The van der Waals surface area contributed by atoms with E-state index in [2.05, 4.69) is 10.5 Å². The second-order valence-electron chi connectivity index (χ2n) is 4.37. The van der Waals surface area contributed by atoms with Gasteiger partial charge in [-0.3, -0.25) is 4.79 Å². The van der Waals surface area contributed by atoms with E-state index in [4.69, 9.17) is 4.74 Å². The van der Waals surface area contributed by atoms with Crippen molar-refractivity contribution in [2.45, 2.75) is 6.92 Å². The fourth-order valence-corrected chi connectivity index (χ4v) is 1.75. The number of nitrogens with zero attached hydrogens (tertiary/aromatic N) is 1. The molecule has 0 unspecified atom stereocenters. The fourth-order valence-electron chi connectivity index (χ4n) is 1.75. The molecule has 2 aromatic rings. The highest BCUT2D eigenvalue weighted by Gasteiger charge is 2.05. The van der Waals surface area contributed by atoms with Crippen LogP contribution in [0.25, 0.3) is 0 Å². The van der Waals surface area contributed by atoms with Gasteiger partial charge in [-0.2, -0.15) is 5.10 Å². The average Bonchev–Trinajstić information content (AvgIpc) is 2.52. The van der Waals surface area contributed by atoms with Crippen molar-refractivity contribution in [2.24, 2.45) is 5.10 Å². The van der Waals surface area contributed by atoms with Gasteiger partial charge in [0.25, 0.3) is 5.91 Å². The molecule has 2 aromatic carbocycles. The van der Waals surface area contributed by atoms with Crippen LogP contribution in [0.3, 0.4) is 0 Å². The first-order valence-electron chi connectivity index (χ1n) is 6.69. The maximum atomic E-state index is 11.9. The zero-order chi connectivity index (χ0) is 15.9. The highest BCUT2D eigenvalue weighted by atomic mass is 16.5. The SMILES string of the molecule is CCOc1ccc(C(=O)N/N=C/c2cccc(O)c2O)cc1. The van der Waals surface area contributed by atoms with Crippen molar-refractivity contribution >= 4 is 12.1 Å². The predicted octanol–water partition coefficient (Wildman–Crippen LogP) is 2.26. The van der Waals surface area contributed by atoms with Crippen molar-refractivity contribution in [3.05, 3.63) is 53.6 Å². The summed E-state index contributed by atoms with van der Waals surface area (Å²) in [4.78, 5) is 11.9. The van der Waals surface area contributed by atoms with Gasteiger partial charge in [-0.1, -0.05) is 6.07 Å². The first kappa shape index (κ1) is 15.4. The van der Waals surface area contributed by atoms with E-state index in [1.165, 1.54) is 12.3 Å². The number of hydrogen-bond donors (Lipinski definition) is 3. The van der Waals surface area contributed by atoms with Gasteiger partial charge in [0.15, 0.2) is 11.5 Å². The van der Waals surface area contributed by atoms with Gasteiger partial charge in [0, 0.05) is 11.1 Å². The summed E-state index contributed by atoms with van der Waals surface area (Å²) in [5.41, 5.74) is 3.07. The molecule has 114 valence electrons. The minimum atomic E-state index is -0.390. The summed E-state index contributed by atoms with van der Waals surface area (Å²) in [6.07, 6.45) is 1.25. The molecule has 0 saturated heterocycles. The molecule has 0 aliphatic carbocycles. The Kier molecular flexibility index (Phi) is 4.98. The molecule has 22 heavy (non-hydrogen) atoms. The number of amides is 1. The number of aromatic hydroxyl groups is 2. The molecule has 0 bridgehead atoms. The summed E-state index contributed by atoms with van der Waals surface area (Å²) < 4.78 is 5.29. The molecule has 2 rings (SSSR count).